The minimum Gasteiger partial charge on any atom is -0.462 e. The molecule has 1 aliphatic carbocycles. The van der Waals surface area contributed by atoms with Gasteiger partial charge in [0.05, 0.1) is 6.61 Å². The van der Waals surface area contributed by atoms with Crippen LogP contribution < -0.4 is 0 Å². The molecule has 1 saturated carbocycles. The lowest BCUT2D eigenvalue weighted by Gasteiger charge is -2.41. The second-order valence-corrected chi connectivity index (χ2v) is 15.5. The molecule has 1 fully saturated rings. The van der Waals surface area contributed by atoms with Crippen LogP contribution in [0.25, 0.3) is 0 Å². The molecular formula is C39H71O13P. The van der Waals surface area contributed by atoms with Gasteiger partial charge in [0.2, 0.25) is 0 Å². The van der Waals surface area contributed by atoms with Crippen LogP contribution in [0.2, 0.25) is 0 Å². The molecule has 53 heavy (non-hydrogen) atoms. The molecule has 1 rings (SSSR count). The Morgan fingerprint density at radius 1 is 0.585 bits per heavy atom. The van der Waals surface area contributed by atoms with E-state index in [-0.39, 0.29) is 12.8 Å². The highest BCUT2D eigenvalue weighted by atomic mass is 31.2. The molecule has 6 unspecified atom stereocenters. The predicted octanol–water partition coefficient (Wildman–Crippen LogP) is 6.50. The van der Waals surface area contributed by atoms with Gasteiger partial charge in [-0.15, -0.1) is 0 Å². The molecule has 0 bridgehead atoms. The van der Waals surface area contributed by atoms with Gasteiger partial charge in [-0.2, -0.15) is 0 Å². The van der Waals surface area contributed by atoms with Gasteiger partial charge in [0.1, 0.15) is 43.2 Å². The maximum Gasteiger partial charge on any atom is 0.472 e. The molecule has 0 aromatic rings. The topological polar surface area (TPSA) is 210 Å². The standard InChI is InChI=1S/C39H71O13P/c1-3-5-7-8-9-10-11-12-13-14-15-16-17-18-19-20-21-22-23-24-26-28-33(41)51-31(29-49-32(40)27-25-6-4-2)30-50-53(47,48)52-39-37(45)35(43)34(42)36(44)38(39)46/h11-12,14-15,31,34-39,42-46H,3-10,13,16-30H2,1-2H3,(H,47,48)/b12-11-,15-14-. The first-order valence-corrected chi connectivity index (χ1v) is 21.6. The molecular weight excluding hydrogens is 707 g/mol. The number of aliphatic hydroxyl groups excluding tert-OH is 5. The Morgan fingerprint density at radius 3 is 1.57 bits per heavy atom. The third kappa shape index (κ3) is 23.8. The normalized spacial score (nSPS) is 23.7. The monoisotopic (exact) mass is 778 g/mol. The summed E-state index contributed by atoms with van der Waals surface area (Å²) < 4.78 is 33.0. The van der Waals surface area contributed by atoms with Gasteiger partial charge in [-0.3, -0.25) is 18.6 Å². The van der Waals surface area contributed by atoms with Gasteiger partial charge >= 0.3 is 19.8 Å². The number of allylic oxidation sites excluding steroid dienone is 4. The first-order chi connectivity index (χ1) is 25.4. The molecule has 0 radical (unpaired) electrons. The smallest absolute Gasteiger partial charge is 0.462 e. The summed E-state index contributed by atoms with van der Waals surface area (Å²) in [5.41, 5.74) is 0. The molecule has 0 spiro atoms. The fourth-order valence-electron chi connectivity index (χ4n) is 5.96. The minimum absolute atomic E-state index is 0.0924. The molecule has 14 heteroatoms. The zero-order valence-corrected chi connectivity index (χ0v) is 33.2. The Kier molecular flexibility index (Phi) is 28.4. The van der Waals surface area contributed by atoms with Crippen molar-refractivity contribution in [2.45, 2.75) is 198 Å². The number of carbonyl (C=O) groups excluding carboxylic acids is 2. The number of unbranched alkanes of at least 4 members (excludes halogenated alkanes) is 16. The number of hydrogen-bond acceptors (Lipinski definition) is 12. The van der Waals surface area contributed by atoms with Gasteiger partial charge in [-0.05, 0) is 44.9 Å². The van der Waals surface area contributed by atoms with Crippen LogP contribution in [0.1, 0.15) is 155 Å². The van der Waals surface area contributed by atoms with E-state index in [0.29, 0.717) is 12.8 Å². The van der Waals surface area contributed by atoms with Gasteiger partial charge in [-0.1, -0.05) is 122 Å². The van der Waals surface area contributed by atoms with Gasteiger partial charge in [0, 0.05) is 12.8 Å². The average molecular weight is 779 g/mol. The van der Waals surface area contributed by atoms with Crippen molar-refractivity contribution in [2.75, 3.05) is 13.2 Å². The highest BCUT2D eigenvalue weighted by Gasteiger charge is 2.51. The Bertz CT molecular complexity index is 1040. The first-order valence-electron chi connectivity index (χ1n) is 20.1. The summed E-state index contributed by atoms with van der Waals surface area (Å²) in [6, 6.07) is 0. The highest BCUT2D eigenvalue weighted by molar-refractivity contribution is 7.47. The number of phosphoric acid groups is 1. The highest BCUT2D eigenvalue weighted by Crippen LogP contribution is 2.47. The van der Waals surface area contributed by atoms with Crippen molar-refractivity contribution in [3.63, 3.8) is 0 Å². The van der Waals surface area contributed by atoms with Crippen molar-refractivity contribution < 1.29 is 63.1 Å². The number of hydrogen-bond donors (Lipinski definition) is 6. The lowest BCUT2D eigenvalue weighted by molar-refractivity contribution is -0.220. The van der Waals surface area contributed by atoms with E-state index in [1.165, 1.54) is 64.2 Å². The van der Waals surface area contributed by atoms with Crippen molar-refractivity contribution >= 4 is 19.8 Å². The maximum absolute atomic E-state index is 12.7. The summed E-state index contributed by atoms with van der Waals surface area (Å²) >= 11 is 0. The lowest BCUT2D eigenvalue weighted by atomic mass is 9.85. The van der Waals surface area contributed by atoms with E-state index in [0.717, 1.165) is 51.4 Å². The number of phosphoric ester groups is 1. The second kappa shape index (κ2) is 30.5. The van der Waals surface area contributed by atoms with E-state index in [4.69, 9.17) is 18.5 Å². The number of rotatable bonds is 32. The van der Waals surface area contributed by atoms with E-state index in [1.807, 2.05) is 6.92 Å². The molecule has 0 aromatic heterocycles. The largest absolute Gasteiger partial charge is 0.472 e. The summed E-state index contributed by atoms with van der Waals surface area (Å²) in [4.78, 5) is 35.0. The zero-order valence-electron chi connectivity index (χ0n) is 32.3. The quantitative estimate of drug-likeness (QED) is 0.0187. The van der Waals surface area contributed by atoms with Crippen molar-refractivity contribution in [3.05, 3.63) is 24.3 Å². The molecule has 0 aliphatic heterocycles. The molecule has 0 saturated heterocycles. The van der Waals surface area contributed by atoms with E-state index < -0.39 is 75.7 Å². The van der Waals surface area contributed by atoms with Crippen LogP contribution in [-0.4, -0.2) is 98.3 Å². The molecule has 0 heterocycles. The van der Waals surface area contributed by atoms with Crippen LogP contribution in [0.4, 0.5) is 0 Å². The minimum atomic E-state index is -5.09. The zero-order chi connectivity index (χ0) is 39.3. The lowest BCUT2D eigenvalue weighted by Crippen LogP contribution is -2.64. The van der Waals surface area contributed by atoms with Crippen LogP contribution in [-0.2, 0) is 32.7 Å². The Balaban J connectivity index is 2.33. The third-order valence-electron chi connectivity index (χ3n) is 9.30. The van der Waals surface area contributed by atoms with Crippen LogP contribution in [0.5, 0.6) is 0 Å². The molecule has 6 atom stereocenters. The molecule has 310 valence electrons. The van der Waals surface area contributed by atoms with E-state index in [2.05, 4.69) is 31.2 Å². The molecule has 1 aliphatic rings. The Labute approximate surface area is 317 Å². The van der Waals surface area contributed by atoms with Crippen molar-refractivity contribution in [1.82, 2.24) is 0 Å². The van der Waals surface area contributed by atoms with Crippen molar-refractivity contribution in [2.24, 2.45) is 0 Å². The van der Waals surface area contributed by atoms with Crippen LogP contribution >= 0.6 is 7.82 Å². The Morgan fingerprint density at radius 2 is 1.02 bits per heavy atom. The third-order valence-corrected chi connectivity index (χ3v) is 10.3. The summed E-state index contributed by atoms with van der Waals surface area (Å²) in [6.45, 7) is 3.05. The molecule has 13 nitrogen and oxygen atoms in total. The van der Waals surface area contributed by atoms with Gasteiger partial charge in [0.15, 0.2) is 6.10 Å². The van der Waals surface area contributed by atoms with Gasteiger partial charge < -0.3 is 39.9 Å². The van der Waals surface area contributed by atoms with Crippen LogP contribution in [0, 0.1) is 0 Å². The summed E-state index contributed by atoms with van der Waals surface area (Å²) in [5, 5.41) is 49.7. The summed E-state index contributed by atoms with van der Waals surface area (Å²) in [7, 11) is -5.09. The number of carbonyl (C=O) groups is 2. The van der Waals surface area contributed by atoms with Gasteiger partial charge in [-0.25, -0.2) is 4.57 Å². The van der Waals surface area contributed by atoms with E-state index in [1.54, 1.807) is 0 Å². The fourth-order valence-corrected chi connectivity index (χ4v) is 6.94. The number of ether oxygens (including phenoxy) is 2. The Hall–Kier alpha value is -1.67. The molecule has 6 N–H and O–H groups in total. The molecule has 0 aromatic carbocycles. The molecule has 0 amide bonds. The average Bonchev–Trinajstić information content (AvgIpc) is 3.13. The van der Waals surface area contributed by atoms with Crippen LogP contribution in [0.3, 0.4) is 0 Å². The second-order valence-electron chi connectivity index (χ2n) is 14.1. The fraction of sp³-hybridized carbons (Fsp3) is 0.846. The van der Waals surface area contributed by atoms with Crippen LogP contribution in [0.15, 0.2) is 24.3 Å². The van der Waals surface area contributed by atoms with Crippen molar-refractivity contribution in [3.8, 4) is 0 Å². The SMILES string of the molecule is CCCCCCC/C=C\C/C=C\CCCCCCCCCCCC(=O)OC(COC(=O)CCCCC)COP(=O)(O)OC1C(O)C(O)C(O)C(O)C1O. The predicted molar refractivity (Wildman–Crippen MR) is 203 cm³/mol. The first kappa shape index (κ1) is 49.3. The number of esters is 2. The van der Waals surface area contributed by atoms with Crippen molar-refractivity contribution in [1.29, 1.82) is 0 Å². The van der Waals surface area contributed by atoms with E-state index >= 15 is 0 Å². The van der Waals surface area contributed by atoms with Gasteiger partial charge in [0.25, 0.3) is 0 Å². The van der Waals surface area contributed by atoms with E-state index in [9.17, 15) is 44.6 Å². The maximum atomic E-state index is 12.7. The summed E-state index contributed by atoms with van der Waals surface area (Å²) in [5.74, 6) is -1.13. The number of aliphatic hydroxyl groups is 5. The summed E-state index contributed by atoms with van der Waals surface area (Å²) in [6.07, 6.45) is 17.9.